The third kappa shape index (κ3) is 4.98. The van der Waals surface area contributed by atoms with Crippen LogP contribution in [-0.4, -0.2) is 21.2 Å². The molecule has 1 aromatic heterocycles. The third-order valence-corrected chi connectivity index (χ3v) is 5.27. The van der Waals surface area contributed by atoms with Crippen LogP contribution < -0.4 is 10.9 Å². The topological polar surface area (TPSA) is 64.0 Å². The molecule has 1 amide bonds. The molecular formula is C21H22FN3O2S. The van der Waals surface area contributed by atoms with E-state index in [-0.39, 0.29) is 23.0 Å². The maximum absolute atomic E-state index is 12.9. The highest BCUT2D eigenvalue weighted by atomic mass is 32.2. The monoisotopic (exact) mass is 399 g/mol. The van der Waals surface area contributed by atoms with Crippen molar-refractivity contribution >= 4 is 28.6 Å². The van der Waals surface area contributed by atoms with Crippen LogP contribution in [0.4, 0.5) is 4.39 Å². The van der Waals surface area contributed by atoms with Gasteiger partial charge in [0.1, 0.15) is 5.82 Å². The summed E-state index contributed by atoms with van der Waals surface area (Å²) in [4.78, 5) is 29.6. The molecule has 146 valence electrons. The fraction of sp³-hybridized carbons (Fsp3) is 0.286. The van der Waals surface area contributed by atoms with Gasteiger partial charge in [-0.15, -0.1) is 0 Å². The smallest absolute Gasteiger partial charge is 0.262 e. The van der Waals surface area contributed by atoms with Crippen molar-refractivity contribution < 1.29 is 9.18 Å². The van der Waals surface area contributed by atoms with Crippen LogP contribution in [0.1, 0.15) is 25.3 Å². The number of para-hydroxylation sites is 1. The lowest BCUT2D eigenvalue weighted by atomic mass is 10.2. The molecule has 0 radical (unpaired) electrons. The minimum atomic E-state index is -0.307. The number of benzene rings is 2. The normalized spacial score (nSPS) is 10.9. The van der Waals surface area contributed by atoms with Crippen molar-refractivity contribution in [1.29, 1.82) is 0 Å². The van der Waals surface area contributed by atoms with E-state index in [0.717, 1.165) is 18.4 Å². The Morgan fingerprint density at radius 3 is 2.68 bits per heavy atom. The Kier molecular flexibility index (Phi) is 6.81. The van der Waals surface area contributed by atoms with Gasteiger partial charge in [0.2, 0.25) is 5.91 Å². The van der Waals surface area contributed by atoms with Crippen LogP contribution in [-0.2, 0) is 17.9 Å². The molecule has 5 nitrogen and oxygen atoms in total. The molecule has 0 saturated carbocycles. The number of aromatic nitrogens is 2. The van der Waals surface area contributed by atoms with Crippen molar-refractivity contribution in [3.8, 4) is 0 Å². The van der Waals surface area contributed by atoms with Gasteiger partial charge in [0.15, 0.2) is 5.16 Å². The van der Waals surface area contributed by atoms with Crippen molar-refractivity contribution in [3.63, 3.8) is 0 Å². The standard InChI is InChI=1S/C21H22FN3O2S/c1-2-3-12-25-20(27)17-6-4-5-7-18(17)24-21(25)28-14-19(26)23-13-15-8-10-16(22)11-9-15/h4-11H,2-3,12-14H2,1H3,(H,23,26). The number of halogens is 1. The number of fused-ring (bicyclic) bond motifs is 1. The predicted molar refractivity (Wildman–Crippen MR) is 110 cm³/mol. The van der Waals surface area contributed by atoms with Gasteiger partial charge >= 0.3 is 0 Å². The van der Waals surface area contributed by atoms with Gasteiger partial charge in [-0.25, -0.2) is 9.37 Å². The average molecular weight is 399 g/mol. The van der Waals surface area contributed by atoms with Gasteiger partial charge in [0, 0.05) is 13.1 Å². The van der Waals surface area contributed by atoms with Crippen LogP contribution in [0.15, 0.2) is 58.5 Å². The van der Waals surface area contributed by atoms with Crippen LogP contribution >= 0.6 is 11.8 Å². The summed E-state index contributed by atoms with van der Waals surface area (Å²) in [6.07, 6.45) is 1.83. The van der Waals surface area contributed by atoms with Crippen LogP contribution in [0.5, 0.6) is 0 Å². The molecule has 0 fully saturated rings. The first-order chi connectivity index (χ1) is 13.6. The maximum atomic E-state index is 12.9. The van der Waals surface area contributed by atoms with Gasteiger partial charge < -0.3 is 5.32 Å². The first-order valence-corrected chi connectivity index (χ1v) is 10.2. The van der Waals surface area contributed by atoms with Crippen LogP contribution in [0.2, 0.25) is 0 Å². The van der Waals surface area contributed by atoms with Gasteiger partial charge in [-0.05, 0) is 36.2 Å². The SMILES string of the molecule is CCCCn1c(SCC(=O)NCc2ccc(F)cc2)nc2ccccc2c1=O. The van der Waals surface area contributed by atoms with Crippen LogP contribution in [0.3, 0.4) is 0 Å². The molecule has 0 bridgehead atoms. The Bertz CT molecular complexity index is 1020. The largest absolute Gasteiger partial charge is 0.351 e. The summed E-state index contributed by atoms with van der Waals surface area (Å²) in [7, 11) is 0. The Labute approximate surface area is 167 Å². The summed E-state index contributed by atoms with van der Waals surface area (Å²) in [5, 5.41) is 3.94. The highest BCUT2D eigenvalue weighted by Gasteiger charge is 2.13. The Morgan fingerprint density at radius 1 is 1.18 bits per heavy atom. The number of unbranched alkanes of at least 4 members (excludes halogenated alkanes) is 1. The predicted octanol–water partition coefficient (Wildman–Crippen LogP) is 3.74. The van der Waals surface area contributed by atoms with Crippen molar-refractivity contribution in [1.82, 2.24) is 14.9 Å². The summed E-state index contributed by atoms with van der Waals surface area (Å²) in [6, 6.07) is 13.2. The Balaban J connectivity index is 1.70. The van der Waals surface area contributed by atoms with Crippen molar-refractivity contribution in [2.75, 3.05) is 5.75 Å². The van der Waals surface area contributed by atoms with Gasteiger partial charge in [-0.2, -0.15) is 0 Å². The van der Waals surface area contributed by atoms with E-state index in [9.17, 15) is 14.0 Å². The van der Waals surface area contributed by atoms with Crippen LogP contribution in [0, 0.1) is 5.82 Å². The lowest BCUT2D eigenvalue weighted by Gasteiger charge is -2.12. The molecule has 0 saturated heterocycles. The molecule has 0 aliphatic carbocycles. The van der Waals surface area contributed by atoms with E-state index in [0.29, 0.717) is 29.1 Å². The molecular weight excluding hydrogens is 377 g/mol. The van der Waals surface area contributed by atoms with E-state index < -0.39 is 0 Å². The lowest BCUT2D eigenvalue weighted by molar-refractivity contribution is -0.118. The molecule has 0 aliphatic heterocycles. The summed E-state index contributed by atoms with van der Waals surface area (Å²) < 4.78 is 14.6. The van der Waals surface area contributed by atoms with E-state index in [1.54, 1.807) is 28.8 Å². The lowest BCUT2D eigenvalue weighted by Crippen LogP contribution is -2.27. The van der Waals surface area contributed by atoms with Gasteiger partial charge in [0.05, 0.1) is 16.7 Å². The fourth-order valence-corrected chi connectivity index (χ4v) is 3.61. The Hall–Kier alpha value is -2.67. The highest BCUT2D eigenvalue weighted by molar-refractivity contribution is 7.99. The molecule has 3 aromatic rings. The number of carbonyl (C=O) groups excluding carboxylic acids is 1. The van der Waals surface area contributed by atoms with E-state index in [2.05, 4.69) is 17.2 Å². The first kappa shape index (κ1) is 20.1. The third-order valence-electron chi connectivity index (χ3n) is 4.30. The maximum Gasteiger partial charge on any atom is 0.262 e. The van der Waals surface area contributed by atoms with Crippen molar-refractivity contribution in [2.45, 2.75) is 38.0 Å². The number of carbonyl (C=O) groups is 1. The number of nitrogens with one attached hydrogen (secondary N) is 1. The minimum Gasteiger partial charge on any atom is -0.351 e. The first-order valence-electron chi connectivity index (χ1n) is 9.22. The second-order valence-electron chi connectivity index (χ2n) is 6.41. The Morgan fingerprint density at radius 2 is 1.93 bits per heavy atom. The van der Waals surface area contributed by atoms with Gasteiger partial charge in [-0.3, -0.25) is 14.2 Å². The second kappa shape index (κ2) is 9.50. The molecule has 0 unspecified atom stereocenters. The number of nitrogens with zero attached hydrogens (tertiary/aromatic N) is 2. The van der Waals surface area contributed by atoms with E-state index in [1.807, 2.05) is 12.1 Å². The number of thioether (sulfide) groups is 1. The van der Waals surface area contributed by atoms with Crippen LogP contribution in [0.25, 0.3) is 10.9 Å². The summed E-state index contributed by atoms with van der Waals surface area (Å²) in [5.41, 5.74) is 1.38. The average Bonchev–Trinajstić information content (AvgIpc) is 2.71. The van der Waals surface area contributed by atoms with Crippen molar-refractivity contribution in [3.05, 3.63) is 70.3 Å². The molecule has 0 spiro atoms. The molecule has 1 N–H and O–H groups in total. The molecule has 1 heterocycles. The van der Waals surface area contributed by atoms with Gasteiger partial charge in [0.25, 0.3) is 5.56 Å². The van der Waals surface area contributed by atoms with E-state index >= 15 is 0 Å². The molecule has 2 aromatic carbocycles. The van der Waals surface area contributed by atoms with E-state index in [1.165, 1.54) is 23.9 Å². The zero-order chi connectivity index (χ0) is 19.9. The highest BCUT2D eigenvalue weighted by Crippen LogP contribution is 2.18. The minimum absolute atomic E-state index is 0.0757. The molecule has 3 rings (SSSR count). The number of hydrogen-bond acceptors (Lipinski definition) is 4. The van der Waals surface area contributed by atoms with E-state index in [4.69, 9.17) is 0 Å². The molecule has 28 heavy (non-hydrogen) atoms. The fourth-order valence-electron chi connectivity index (χ4n) is 2.76. The quantitative estimate of drug-likeness (QED) is 0.463. The summed E-state index contributed by atoms with van der Waals surface area (Å²) >= 11 is 1.25. The number of hydrogen-bond donors (Lipinski definition) is 1. The zero-order valence-corrected chi connectivity index (χ0v) is 16.5. The molecule has 0 aliphatic rings. The number of rotatable bonds is 8. The number of amides is 1. The zero-order valence-electron chi connectivity index (χ0n) is 15.7. The summed E-state index contributed by atoms with van der Waals surface area (Å²) in [5.74, 6) is -0.324. The van der Waals surface area contributed by atoms with Gasteiger partial charge in [-0.1, -0.05) is 49.4 Å². The molecule has 0 atom stereocenters. The second-order valence-corrected chi connectivity index (χ2v) is 7.36. The van der Waals surface area contributed by atoms with Crippen molar-refractivity contribution in [2.24, 2.45) is 0 Å². The summed E-state index contributed by atoms with van der Waals surface area (Å²) in [6.45, 7) is 2.97. The molecule has 7 heteroatoms.